The molecular formula is C14H19NO2S. The van der Waals surface area contributed by atoms with Crippen molar-refractivity contribution in [2.24, 2.45) is 0 Å². The van der Waals surface area contributed by atoms with E-state index in [0.717, 1.165) is 30.7 Å². The van der Waals surface area contributed by atoms with Crippen LogP contribution in [-0.2, 0) is 4.79 Å². The van der Waals surface area contributed by atoms with Gasteiger partial charge in [-0.3, -0.25) is 4.79 Å². The van der Waals surface area contributed by atoms with E-state index >= 15 is 0 Å². The summed E-state index contributed by atoms with van der Waals surface area (Å²) in [6, 6.07) is 9.98. The van der Waals surface area contributed by atoms with Gasteiger partial charge in [0.25, 0.3) is 0 Å². The molecule has 0 spiro atoms. The van der Waals surface area contributed by atoms with Gasteiger partial charge in [0.1, 0.15) is 0 Å². The van der Waals surface area contributed by atoms with Crippen molar-refractivity contribution in [3.05, 3.63) is 30.3 Å². The van der Waals surface area contributed by atoms with Crippen LogP contribution in [0.5, 0.6) is 0 Å². The second-order valence-electron chi connectivity index (χ2n) is 4.52. The van der Waals surface area contributed by atoms with Crippen LogP contribution in [0.3, 0.4) is 0 Å². The Bertz CT molecular complexity index is 383. The van der Waals surface area contributed by atoms with Gasteiger partial charge in [0.15, 0.2) is 0 Å². The Balaban J connectivity index is 1.87. The van der Waals surface area contributed by atoms with Crippen molar-refractivity contribution in [2.45, 2.75) is 30.2 Å². The highest BCUT2D eigenvalue weighted by Gasteiger charge is 2.25. The molecule has 98 valence electrons. The number of piperidine rings is 1. The molecule has 1 heterocycles. The highest BCUT2D eigenvalue weighted by atomic mass is 32.2. The number of likely N-dealkylation sites (tertiary alicyclic amines) is 1. The van der Waals surface area contributed by atoms with Gasteiger partial charge in [0, 0.05) is 11.4 Å². The molecule has 4 heteroatoms. The van der Waals surface area contributed by atoms with Gasteiger partial charge in [-0.1, -0.05) is 18.2 Å². The van der Waals surface area contributed by atoms with E-state index in [9.17, 15) is 9.90 Å². The van der Waals surface area contributed by atoms with E-state index in [4.69, 9.17) is 0 Å². The number of aliphatic hydroxyl groups excluding tert-OH is 1. The van der Waals surface area contributed by atoms with Crippen LogP contribution in [0.1, 0.15) is 19.3 Å². The Labute approximate surface area is 112 Å². The van der Waals surface area contributed by atoms with E-state index in [1.54, 1.807) is 11.8 Å². The van der Waals surface area contributed by atoms with Crippen LogP contribution in [0.4, 0.5) is 0 Å². The number of carbonyl (C=O) groups is 1. The van der Waals surface area contributed by atoms with Gasteiger partial charge in [-0.2, -0.15) is 0 Å². The molecule has 18 heavy (non-hydrogen) atoms. The third kappa shape index (κ3) is 3.50. The molecule has 1 unspecified atom stereocenters. The molecule has 1 aliphatic heterocycles. The van der Waals surface area contributed by atoms with Crippen LogP contribution in [-0.4, -0.2) is 40.9 Å². The minimum atomic E-state index is 0.0302. The SMILES string of the molecule is O=C(CSc1ccccc1)N1CCCCC1CO. The molecule has 1 fully saturated rings. The van der Waals surface area contributed by atoms with E-state index in [-0.39, 0.29) is 18.6 Å². The second-order valence-corrected chi connectivity index (χ2v) is 5.57. The van der Waals surface area contributed by atoms with Crippen molar-refractivity contribution in [2.75, 3.05) is 18.9 Å². The van der Waals surface area contributed by atoms with Crippen molar-refractivity contribution in [1.29, 1.82) is 0 Å². The number of hydrogen-bond donors (Lipinski definition) is 1. The number of benzene rings is 1. The third-order valence-corrected chi connectivity index (χ3v) is 4.26. The van der Waals surface area contributed by atoms with Crippen molar-refractivity contribution < 1.29 is 9.90 Å². The van der Waals surface area contributed by atoms with Gasteiger partial charge >= 0.3 is 0 Å². The number of carbonyl (C=O) groups excluding carboxylic acids is 1. The smallest absolute Gasteiger partial charge is 0.233 e. The molecule has 0 saturated carbocycles. The summed E-state index contributed by atoms with van der Waals surface area (Å²) in [4.78, 5) is 15.1. The van der Waals surface area contributed by atoms with Crippen molar-refractivity contribution in [3.63, 3.8) is 0 Å². The fourth-order valence-corrected chi connectivity index (χ4v) is 3.07. The van der Waals surface area contributed by atoms with Gasteiger partial charge < -0.3 is 10.0 Å². The summed E-state index contributed by atoms with van der Waals surface area (Å²) >= 11 is 1.56. The molecule has 1 aliphatic rings. The summed E-state index contributed by atoms with van der Waals surface area (Å²) in [5, 5.41) is 9.29. The molecule has 0 radical (unpaired) electrons. The first kappa shape index (κ1) is 13.4. The Hall–Kier alpha value is -1.00. The van der Waals surface area contributed by atoms with E-state index in [1.807, 2.05) is 35.2 Å². The first-order valence-electron chi connectivity index (χ1n) is 6.39. The predicted molar refractivity (Wildman–Crippen MR) is 73.6 cm³/mol. The average molecular weight is 265 g/mol. The standard InChI is InChI=1S/C14H19NO2S/c16-10-12-6-4-5-9-15(12)14(17)11-18-13-7-2-1-3-8-13/h1-3,7-8,12,16H,4-6,9-11H2. The maximum absolute atomic E-state index is 12.1. The Kier molecular flexibility index (Phi) is 5.08. The highest BCUT2D eigenvalue weighted by Crippen LogP contribution is 2.21. The molecule has 0 aliphatic carbocycles. The third-order valence-electron chi connectivity index (χ3n) is 3.26. The summed E-state index contributed by atoms with van der Waals surface area (Å²) < 4.78 is 0. The van der Waals surface area contributed by atoms with Crippen molar-refractivity contribution in [3.8, 4) is 0 Å². The van der Waals surface area contributed by atoms with Gasteiger partial charge in [0.2, 0.25) is 5.91 Å². The quantitative estimate of drug-likeness (QED) is 0.848. The molecule has 1 aromatic rings. The molecule has 0 aromatic heterocycles. The normalized spacial score (nSPS) is 19.8. The van der Waals surface area contributed by atoms with Gasteiger partial charge in [-0.15, -0.1) is 11.8 Å². The first-order valence-corrected chi connectivity index (χ1v) is 7.38. The predicted octanol–water partition coefficient (Wildman–Crippen LogP) is 2.15. The summed E-state index contributed by atoms with van der Waals surface area (Å²) in [7, 11) is 0. The van der Waals surface area contributed by atoms with Gasteiger partial charge in [0.05, 0.1) is 18.4 Å². The summed E-state index contributed by atoms with van der Waals surface area (Å²) in [6.07, 6.45) is 3.09. The van der Waals surface area contributed by atoms with Gasteiger partial charge in [-0.05, 0) is 31.4 Å². The zero-order valence-corrected chi connectivity index (χ0v) is 11.2. The fraction of sp³-hybridized carbons (Fsp3) is 0.500. The summed E-state index contributed by atoms with van der Waals surface area (Å²) in [5.74, 6) is 0.600. The molecule has 1 saturated heterocycles. The Morgan fingerprint density at radius 3 is 2.83 bits per heavy atom. The lowest BCUT2D eigenvalue weighted by atomic mass is 10.0. The van der Waals surface area contributed by atoms with E-state index < -0.39 is 0 Å². The summed E-state index contributed by atoms with van der Waals surface area (Å²) in [6.45, 7) is 0.876. The number of nitrogens with zero attached hydrogens (tertiary/aromatic N) is 1. The number of amides is 1. The molecule has 3 nitrogen and oxygen atoms in total. The maximum Gasteiger partial charge on any atom is 0.233 e. The molecule has 0 bridgehead atoms. The molecule has 1 amide bonds. The van der Waals surface area contributed by atoms with Crippen LogP contribution in [0.25, 0.3) is 0 Å². The second kappa shape index (κ2) is 6.81. The largest absolute Gasteiger partial charge is 0.394 e. The Morgan fingerprint density at radius 2 is 2.11 bits per heavy atom. The van der Waals surface area contributed by atoms with Crippen LogP contribution in [0.15, 0.2) is 35.2 Å². The minimum Gasteiger partial charge on any atom is -0.394 e. The highest BCUT2D eigenvalue weighted by molar-refractivity contribution is 8.00. The number of aliphatic hydroxyl groups is 1. The topological polar surface area (TPSA) is 40.5 Å². The van der Waals surface area contributed by atoms with Crippen LogP contribution in [0, 0.1) is 0 Å². The summed E-state index contributed by atoms with van der Waals surface area (Å²) in [5.41, 5.74) is 0. The van der Waals surface area contributed by atoms with Gasteiger partial charge in [-0.25, -0.2) is 0 Å². The first-order chi connectivity index (χ1) is 8.81. The molecule has 1 atom stereocenters. The van der Waals surface area contributed by atoms with Crippen molar-refractivity contribution >= 4 is 17.7 Å². The maximum atomic E-state index is 12.1. The van der Waals surface area contributed by atoms with E-state index in [1.165, 1.54) is 0 Å². The van der Waals surface area contributed by atoms with Crippen molar-refractivity contribution in [1.82, 2.24) is 4.90 Å². The van der Waals surface area contributed by atoms with E-state index in [2.05, 4.69) is 0 Å². The Morgan fingerprint density at radius 1 is 1.33 bits per heavy atom. The van der Waals surface area contributed by atoms with Crippen LogP contribution < -0.4 is 0 Å². The lowest BCUT2D eigenvalue weighted by Crippen LogP contribution is -2.46. The number of rotatable bonds is 4. The molecular weight excluding hydrogens is 246 g/mol. The lowest BCUT2D eigenvalue weighted by molar-refractivity contribution is -0.132. The number of hydrogen-bond acceptors (Lipinski definition) is 3. The minimum absolute atomic E-state index is 0.0302. The molecule has 1 N–H and O–H groups in total. The van der Waals surface area contributed by atoms with E-state index in [0.29, 0.717) is 5.75 Å². The van der Waals surface area contributed by atoms with Crippen LogP contribution >= 0.6 is 11.8 Å². The number of thioether (sulfide) groups is 1. The molecule has 2 rings (SSSR count). The molecule has 1 aromatic carbocycles. The zero-order chi connectivity index (χ0) is 12.8. The monoisotopic (exact) mass is 265 g/mol. The average Bonchev–Trinajstić information content (AvgIpc) is 2.45. The fourth-order valence-electron chi connectivity index (χ4n) is 2.26. The lowest BCUT2D eigenvalue weighted by Gasteiger charge is -2.34. The van der Waals surface area contributed by atoms with Crippen LogP contribution in [0.2, 0.25) is 0 Å². The zero-order valence-electron chi connectivity index (χ0n) is 10.4.